The van der Waals surface area contributed by atoms with E-state index >= 15 is 0 Å². The van der Waals surface area contributed by atoms with Gasteiger partial charge in [0.15, 0.2) is 0 Å². The molecule has 2 aromatic carbocycles. The van der Waals surface area contributed by atoms with E-state index in [2.05, 4.69) is 22.9 Å². The Kier molecular flexibility index (Phi) is 6.64. The molecule has 0 saturated carbocycles. The van der Waals surface area contributed by atoms with Crippen molar-refractivity contribution < 1.29 is 4.79 Å². The average Bonchev–Trinajstić information content (AvgIpc) is 3.03. The van der Waals surface area contributed by atoms with Gasteiger partial charge in [0.25, 0.3) is 5.91 Å². The number of imidazole rings is 1. The lowest BCUT2D eigenvalue weighted by Crippen LogP contribution is -2.24. The van der Waals surface area contributed by atoms with Crippen LogP contribution in [-0.4, -0.2) is 15.5 Å². The normalized spacial score (nSPS) is 11.0. The van der Waals surface area contributed by atoms with Crippen molar-refractivity contribution >= 4 is 16.9 Å². The Balaban J connectivity index is 1.71. The third kappa shape index (κ3) is 4.97. The maximum absolute atomic E-state index is 12.5. The molecule has 0 spiro atoms. The molecule has 3 aromatic rings. The standard InChI is InChI=1S/C23H29N3O/c1-3-4-5-6-9-15-26-21-14-8-7-13-20(21)25-22(26)17-24-23(27)19-12-10-11-18(2)16-19/h7-8,10-14,16H,3-6,9,15,17H2,1-2H3,(H,24,27). The van der Waals surface area contributed by atoms with Crippen LogP contribution in [0.5, 0.6) is 0 Å². The molecule has 0 atom stereocenters. The van der Waals surface area contributed by atoms with Crippen molar-refractivity contribution in [2.75, 3.05) is 0 Å². The molecule has 4 heteroatoms. The molecule has 142 valence electrons. The summed E-state index contributed by atoms with van der Waals surface area (Å²) in [5.74, 6) is 0.868. The van der Waals surface area contributed by atoms with Crippen LogP contribution in [0.25, 0.3) is 11.0 Å². The number of nitrogens with one attached hydrogen (secondary N) is 1. The summed E-state index contributed by atoms with van der Waals surface area (Å²) in [6.07, 6.45) is 6.20. The monoisotopic (exact) mass is 363 g/mol. The summed E-state index contributed by atoms with van der Waals surface area (Å²) in [6, 6.07) is 15.9. The maximum Gasteiger partial charge on any atom is 0.251 e. The Morgan fingerprint density at radius 2 is 1.85 bits per heavy atom. The summed E-state index contributed by atoms with van der Waals surface area (Å²) in [5.41, 5.74) is 3.91. The highest BCUT2D eigenvalue weighted by Crippen LogP contribution is 2.18. The van der Waals surface area contributed by atoms with Gasteiger partial charge in [-0.1, -0.05) is 62.4 Å². The molecular formula is C23H29N3O. The number of aromatic nitrogens is 2. The van der Waals surface area contributed by atoms with Gasteiger partial charge in [0.1, 0.15) is 5.82 Å². The molecule has 0 unspecified atom stereocenters. The number of benzene rings is 2. The predicted octanol–water partition coefficient (Wildman–Crippen LogP) is 5.25. The smallest absolute Gasteiger partial charge is 0.251 e. The van der Waals surface area contributed by atoms with Crippen LogP contribution in [0.1, 0.15) is 60.8 Å². The van der Waals surface area contributed by atoms with Crippen molar-refractivity contribution in [1.82, 2.24) is 14.9 Å². The van der Waals surface area contributed by atoms with E-state index in [1.54, 1.807) is 0 Å². The molecule has 27 heavy (non-hydrogen) atoms. The summed E-state index contributed by atoms with van der Waals surface area (Å²) < 4.78 is 2.26. The first kappa shape index (κ1) is 19.2. The van der Waals surface area contributed by atoms with Gasteiger partial charge in [0, 0.05) is 12.1 Å². The summed E-state index contributed by atoms with van der Waals surface area (Å²) in [4.78, 5) is 17.2. The molecular weight excluding hydrogens is 334 g/mol. The molecule has 0 aliphatic rings. The van der Waals surface area contributed by atoms with Gasteiger partial charge in [-0.15, -0.1) is 0 Å². The summed E-state index contributed by atoms with van der Waals surface area (Å²) in [6.45, 7) is 5.61. The van der Waals surface area contributed by atoms with Gasteiger partial charge < -0.3 is 9.88 Å². The minimum Gasteiger partial charge on any atom is -0.345 e. The minimum atomic E-state index is -0.0553. The van der Waals surface area contributed by atoms with Gasteiger partial charge in [0.2, 0.25) is 0 Å². The molecule has 4 nitrogen and oxygen atoms in total. The number of carbonyl (C=O) groups excluding carboxylic acids is 1. The van der Waals surface area contributed by atoms with E-state index in [9.17, 15) is 4.79 Å². The van der Waals surface area contributed by atoms with Crippen LogP contribution < -0.4 is 5.32 Å². The lowest BCUT2D eigenvalue weighted by atomic mass is 10.1. The van der Waals surface area contributed by atoms with Crippen molar-refractivity contribution in [2.24, 2.45) is 0 Å². The molecule has 3 rings (SSSR count). The van der Waals surface area contributed by atoms with Crippen molar-refractivity contribution in [2.45, 2.75) is 59.0 Å². The third-order valence-corrected chi connectivity index (χ3v) is 4.91. The molecule has 1 aromatic heterocycles. The predicted molar refractivity (Wildman–Crippen MR) is 111 cm³/mol. The first-order valence-corrected chi connectivity index (χ1v) is 9.98. The molecule has 0 aliphatic carbocycles. The van der Waals surface area contributed by atoms with Gasteiger partial charge in [-0.3, -0.25) is 4.79 Å². The van der Waals surface area contributed by atoms with Gasteiger partial charge in [-0.05, 0) is 37.6 Å². The fourth-order valence-corrected chi connectivity index (χ4v) is 3.43. The number of nitrogens with zero attached hydrogens (tertiary/aromatic N) is 2. The van der Waals surface area contributed by atoms with Crippen LogP contribution >= 0.6 is 0 Å². The summed E-state index contributed by atoms with van der Waals surface area (Å²) >= 11 is 0. The van der Waals surface area contributed by atoms with Gasteiger partial charge in [-0.2, -0.15) is 0 Å². The molecule has 1 heterocycles. The SMILES string of the molecule is CCCCCCCn1c(CNC(=O)c2cccc(C)c2)nc2ccccc21. The van der Waals surface area contributed by atoms with Crippen LogP contribution in [0.15, 0.2) is 48.5 Å². The number of para-hydroxylation sites is 2. The Bertz CT molecular complexity index is 898. The van der Waals surface area contributed by atoms with Crippen LogP contribution in [0.3, 0.4) is 0 Å². The van der Waals surface area contributed by atoms with Crippen LogP contribution in [-0.2, 0) is 13.1 Å². The van der Waals surface area contributed by atoms with E-state index in [4.69, 9.17) is 4.98 Å². The van der Waals surface area contributed by atoms with Crippen LogP contribution in [0.4, 0.5) is 0 Å². The number of unbranched alkanes of at least 4 members (excludes halogenated alkanes) is 4. The van der Waals surface area contributed by atoms with E-state index < -0.39 is 0 Å². The van der Waals surface area contributed by atoms with Gasteiger partial charge in [0.05, 0.1) is 17.6 Å². The Morgan fingerprint density at radius 3 is 2.67 bits per heavy atom. The van der Waals surface area contributed by atoms with Gasteiger partial charge >= 0.3 is 0 Å². The number of carbonyl (C=O) groups is 1. The zero-order chi connectivity index (χ0) is 19.1. The second-order valence-electron chi connectivity index (χ2n) is 7.13. The fraction of sp³-hybridized carbons (Fsp3) is 0.391. The largest absolute Gasteiger partial charge is 0.345 e. The minimum absolute atomic E-state index is 0.0553. The zero-order valence-corrected chi connectivity index (χ0v) is 16.4. The van der Waals surface area contributed by atoms with E-state index in [0.717, 1.165) is 35.4 Å². The first-order valence-electron chi connectivity index (χ1n) is 9.98. The highest BCUT2D eigenvalue weighted by atomic mass is 16.1. The zero-order valence-electron chi connectivity index (χ0n) is 16.4. The fourth-order valence-electron chi connectivity index (χ4n) is 3.43. The molecule has 0 radical (unpaired) electrons. The quantitative estimate of drug-likeness (QED) is 0.528. The number of amides is 1. The molecule has 1 amide bonds. The molecule has 1 N–H and O–H groups in total. The molecule has 0 fully saturated rings. The van der Waals surface area contributed by atoms with Crippen LogP contribution in [0, 0.1) is 6.92 Å². The number of hydrogen-bond donors (Lipinski definition) is 1. The Hall–Kier alpha value is -2.62. The molecule has 0 aliphatic heterocycles. The number of fused-ring (bicyclic) bond motifs is 1. The first-order chi connectivity index (χ1) is 13.2. The maximum atomic E-state index is 12.5. The van der Waals surface area contributed by atoms with E-state index in [0.29, 0.717) is 12.1 Å². The van der Waals surface area contributed by atoms with Crippen molar-refractivity contribution in [3.05, 3.63) is 65.5 Å². The van der Waals surface area contributed by atoms with Crippen molar-refractivity contribution in [1.29, 1.82) is 0 Å². The molecule has 0 saturated heterocycles. The number of rotatable bonds is 9. The van der Waals surface area contributed by atoms with E-state index in [1.165, 1.54) is 25.7 Å². The summed E-state index contributed by atoms with van der Waals surface area (Å²) in [7, 11) is 0. The van der Waals surface area contributed by atoms with E-state index in [-0.39, 0.29) is 5.91 Å². The lowest BCUT2D eigenvalue weighted by Gasteiger charge is -2.10. The average molecular weight is 364 g/mol. The highest BCUT2D eigenvalue weighted by molar-refractivity contribution is 5.94. The highest BCUT2D eigenvalue weighted by Gasteiger charge is 2.12. The second-order valence-corrected chi connectivity index (χ2v) is 7.13. The van der Waals surface area contributed by atoms with E-state index in [1.807, 2.05) is 49.4 Å². The van der Waals surface area contributed by atoms with Crippen LogP contribution in [0.2, 0.25) is 0 Å². The number of aryl methyl sites for hydroxylation is 2. The number of hydrogen-bond acceptors (Lipinski definition) is 2. The third-order valence-electron chi connectivity index (χ3n) is 4.91. The molecule has 0 bridgehead atoms. The lowest BCUT2D eigenvalue weighted by molar-refractivity contribution is 0.0949. The summed E-state index contributed by atoms with van der Waals surface area (Å²) in [5, 5.41) is 3.03. The second kappa shape index (κ2) is 9.36. The van der Waals surface area contributed by atoms with Crippen molar-refractivity contribution in [3.63, 3.8) is 0 Å². The van der Waals surface area contributed by atoms with Crippen molar-refractivity contribution in [3.8, 4) is 0 Å². The van der Waals surface area contributed by atoms with Gasteiger partial charge in [-0.25, -0.2) is 4.98 Å². The topological polar surface area (TPSA) is 46.9 Å². The Labute approximate surface area is 161 Å². The Morgan fingerprint density at radius 1 is 1.04 bits per heavy atom.